The minimum atomic E-state index is -3.53. The van der Waals surface area contributed by atoms with Gasteiger partial charge >= 0.3 is 0 Å². The first-order valence-electron chi connectivity index (χ1n) is 8.08. The summed E-state index contributed by atoms with van der Waals surface area (Å²) in [7, 11) is -3.53. The Morgan fingerprint density at radius 3 is 2.24 bits per heavy atom. The molecule has 0 aromatic heterocycles. The van der Waals surface area contributed by atoms with Crippen LogP contribution >= 0.6 is 11.6 Å². The van der Waals surface area contributed by atoms with Gasteiger partial charge < -0.3 is 4.90 Å². The number of halogens is 1. The maximum absolute atomic E-state index is 12.5. The Bertz CT molecular complexity index is 848. The van der Waals surface area contributed by atoms with Gasteiger partial charge in [0.05, 0.1) is 15.5 Å². The molecule has 1 N–H and O–H groups in total. The summed E-state index contributed by atoms with van der Waals surface area (Å²) in [6.07, 6.45) is 1.14. The van der Waals surface area contributed by atoms with E-state index in [0.29, 0.717) is 36.5 Å². The highest BCUT2D eigenvalue weighted by Gasteiger charge is 2.27. The van der Waals surface area contributed by atoms with Crippen molar-refractivity contribution in [2.75, 3.05) is 13.1 Å². The number of carbonyl (C=O) groups excluding carboxylic acids is 1. The number of nitrogens with zero attached hydrogens (tertiary/aromatic N) is 1. The van der Waals surface area contributed by atoms with E-state index in [-0.39, 0.29) is 16.8 Å². The number of amides is 1. The predicted octanol–water partition coefficient (Wildman–Crippen LogP) is 2.92. The number of likely N-dealkylation sites (tertiary alicyclic amines) is 1. The number of benzene rings is 2. The molecule has 0 radical (unpaired) electrons. The molecular weight excluding hydrogens is 360 g/mol. The van der Waals surface area contributed by atoms with Crippen molar-refractivity contribution in [2.45, 2.75) is 23.8 Å². The van der Waals surface area contributed by atoms with Crippen LogP contribution in [0.4, 0.5) is 0 Å². The van der Waals surface area contributed by atoms with Gasteiger partial charge in [0.1, 0.15) is 0 Å². The van der Waals surface area contributed by atoms with Gasteiger partial charge in [0.15, 0.2) is 0 Å². The number of nitrogens with one attached hydrogen (secondary N) is 1. The van der Waals surface area contributed by atoms with Gasteiger partial charge in [0.25, 0.3) is 5.91 Å². The van der Waals surface area contributed by atoms with Crippen LogP contribution in [0.15, 0.2) is 59.5 Å². The third kappa shape index (κ3) is 4.21. The Morgan fingerprint density at radius 1 is 1.00 bits per heavy atom. The lowest BCUT2D eigenvalue weighted by Crippen LogP contribution is -2.46. The van der Waals surface area contributed by atoms with Gasteiger partial charge in [-0.3, -0.25) is 4.79 Å². The summed E-state index contributed by atoms with van der Waals surface area (Å²) in [5.41, 5.74) is 0.479. The molecule has 132 valence electrons. The molecule has 5 nitrogen and oxygen atoms in total. The number of rotatable bonds is 4. The topological polar surface area (TPSA) is 66.5 Å². The van der Waals surface area contributed by atoms with Crippen LogP contribution in [0.3, 0.4) is 0 Å². The molecule has 1 saturated heterocycles. The van der Waals surface area contributed by atoms with Crippen LogP contribution in [-0.4, -0.2) is 38.4 Å². The van der Waals surface area contributed by atoms with Crippen LogP contribution in [0.5, 0.6) is 0 Å². The van der Waals surface area contributed by atoms with Crippen molar-refractivity contribution in [3.63, 3.8) is 0 Å². The van der Waals surface area contributed by atoms with Crippen LogP contribution in [0, 0.1) is 0 Å². The molecule has 1 amide bonds. The fourth-order valence-corrected chi connectivity index (χ4v) is 4.44. The predicted molar refractivity (Wildman–Crippen MR) is 97.1 cm³/mol. The molecule has 0 aliphatic carbocycles. The second kappa shape index (κ2) is 7.56. The molecular formula is C18H19ClN2O3S. The largest absolute Gasteiger partial charge is 0.338 e. The van der Waals surface area contributed by atoms with Crippen molar-refractivity contribution in [2.24, 2.45) is 0 Å². The lowest BCUT2D eigenvalue weighted by Gasteiger charge is -2.32. The molecule has 1 aliphatic rings. The molecule has 2 aromatic carbocycles. The fourth-order valence-electron chi connectivity index (χ4n) is 2.89. The zero-order chi connectivity index (χ0) is 17.9. The molecule has 0 saturated carbocycles. The van der Waals surface area contributed by atoms with Gasteiger partial charge in [-0.05, 0) is 37.1 Å². The van der Waals surface area contributed by atoms with Crippen LogP contribution in [0.2, 0.25) is 5.02 Å². The molecule has 3 rings (SSSR count). The summed E-state index contributed by atoms with van der Waals surface area (Å²) in [6.45, 7) is 0.984. The number of hydrogen-bond donors (Lipinski definition) is 1. The smallest absolute Gasteiger partial charge is 0.255 e. The minimum absolute atomic E-state index is 0.116. The third-order valence-corrected chi connectivity index (χ3v) is 6.13. The zero-order valence-electron chi connectivity index (χ0n) is 13.6. The van der Waals surface area contributed by atoms with Gasteiger partial charge in [-0.25, -0.2) is 13.1 Å². The van der Waals surface area contributed by atoms with E-state index in [1.807, 2.05) is 0 Å². The van der Waals surface area contributed by atoms with Gasteiger partial charge in [-0.15, -0.1) is 0 Å². The summed E-state index contributed by atoms with van der Waals surface area (Å²) < 4.78 is 27.5. The van der Waals surface area contributed by atoms with E-state index >= 15 is 0 Å². The van der Waals surface area contributed by atoms with Crippen molar-refractivity contribution in [3.05, 3.63) is 65.2 Å². The number of carbonyl (C=O) groups is 1. The summed E-state index contributed by atoms with van der Waals surface area (Å²) in [4.78, 5) is 14.5. The summed E-state index contributed by atoms with van der Waals surface area (Å²) in [5, 5.41) is 0.430. The first kappa shape index (κ1) is 17.9. The lowest BCUT2D eigenvalue weighted by atomic mass is 10.0. The molecule has 0 atom stereocenters. The van der Waals surface area contributed by atoms with Crippen molar-refractivity contribution in [1.82, 2.24) is 9.62 Å². The van der Waals surface area contributed by atoms with Crippen LogP contribution in [0.25, 0.3) is 0 Å². The SMILES string of the molecule is O=C(c1ccccc1Cl)N1CCC(NS(=O)(=O)c2ccccc2)CC1. The molecule has 0 unspecified atom stereocenters. The average molecular weight is 379 g/mol. The molecule has 1 heterocycles. The summed E-state index contributed by atoms with van der Waals surface area (Å²) in [6, 6.07) is 15.1. The van der Waals surface area contributed by atoms with E-state index in [0.717, 1.165) is 0 Å². The van der Waals surface area contributed by atoms with E-state index < -0.39 is 10.0 Å². The summed E-state index contributed by atoms with van der Waals surface area (Å²) in [5.74, 6) is -0.116. The van der Waals surface area contributed by atoms with Crippen molar-refractivity contribution in [1.29, 1.82) is 0 Å². The lowest BCUT2D eigenvalue weighted by molar-refractivity contribution is 0.0711. The highest BCUT2D eigenvalue weighted by molar-refractivity contribution is 7.89. The molecule has 7 heteroatoms. The third-order valence-electron chi connectivity index (χ3n) is 4.26. The molecule has 25 heavy (non-hydrogen) atoms. The number of sulfonamides is 1. The van der Waals surface area contributed by atoms with E-state index in [2.05, 4.69) is 4.72 Å². The first-order chi connectivity index (χ1) is 12.0. The second-order valence-electron chi connectivity index (χ2n) is 5.98. The quantitative estimate of drug-likeness (QED) is 0.889. The molecule has 1 aliphatic heterocycles. The van der Waals surface area contributed by atoms with E-state index in [1.165, 1.54) is 0 Å². The highest BCUT2D eigenvalue weighted by Crippen LogP contribution is 2.20. The van der Waals surface area contributed by atoms with Gasteiger partial charge in [0.2, 0.25) is 10.0 Å². The Labute approximate surface area is 152 Å². The Morgan fingerprint density at radius 2 is 1.60 bits per heavy atom. The van der Waals surface area contributed by atoms with E-state index in [1.54, 1.807) is 59.5 Å². The Hall–Kier alpha value is -1.89. The molecule has 2 aromatic rings. The molecule has 0 spiro atoms. The molecule has 1 fully saturated rings. The van der Waals surface area contributed by atoms with Crippen LogP contribution in [0.1, 0.15) is 23.2 Å². The van der Waals surface area contributed by atoms with Crippen molar-refractivity contribution < 1.29 is 13.2 Å². The summed E-state index contributed by atoms with van der Waals surface area (Å²) >= 11 is 6.08. The first-order valence-corrected chi connectivity index (χ1v) is 9.95. The Kier molecular flexibility index (Phi) is 5.42. The van der Waals surface area contributed by atoms with Gasteiger partial charge in [-0.1, -0.05) is 41.9 Å². The highest BCUT2D eigenvalue weighted by atomic mass is 35.5. The normalized spacial score (nSPS) is 16.0. The zero-order valence-corrected chi connectivity index (χ0v) is 15.1. The fraction of sp³-hybridized carbons (Fsp3) is 0.278. The van der Waals surface area contributed by atoms with Gasteiger partial charge in [-0.2, -0.15) is 0 Å². The monoisotopic (exact) mass is 378 g/mol. The van der Waals surface area contributed by atoms with Crippen molar-refractivity contribution in [3.8, 4) is 0 Å². The van der Waals surface area contributed by atoms with Crippen molar-refractivity contribution >= 4 is 27.5 Å². The van der Waals surface area contributed by atoms with Crippen LogP contribution in [-0.2, 0) is 10.0 Å². The maximum atomic E-state index is 12.5. The average Bonchev–Trinajstić information content (AvgIpc) is 2.63. The Balaban J connectivity index is 1.61. The standard InChI is InChI=1S/C18H19ClN2O3S/c19-17-9-5-4-8-16(17)18(22)21-12-10-14(11-13-21)20-25(23,24)15-6-2-1-3-7-15/h1-9,14,20H,10-13H2. The van der Waals surface area contributed by atoms with Crippen LogP contribution < -0.4 is 4.72 Å². The second-order valence-corrected chi connectivity index (χ2v) is 8.10. The molecule has 0 bridgehead atoms. The van der Waals surface area contributed by atoms with E-state index in [9.17, 15) is 13.2 Å². The van der Waals surface area contributed by atoms with Gasteiger partial charge in [0, 0.05) is 19.1 Å². The minimum Gasteiger partial charge on any atom is -0.338 e. The maximum Gasteiger partial charge on any atom is 0.255 e. The number of piperidine rings is 1. The number of hydrogen-bond acceptors (Lipinski definition) is 3. The van der Waals surface area contributed by atoms with E-state index in [4.69, 9.17) is 11.6 Å².